The fourth-order valence-electron chi connectivity index (χ4n) is 3.42. The first-order valence-corrected chi connectivity index (χ1v) is 12.7. The van der Waals surface area contributed by atoms with Crippen LogP contribution >= 0.6 is 15.9 Å². The van der Waals surface area contributed by atoms with Crippen molar-refractivity contribution < 1.29 is 58.0 Å². The molecule has 0 radical (unpaired) electrons. The summed E-state index contributed by atoms with van der Waals surface area (Å²) in [6.45, 7) is 0. The number of nitrogens with zero attached hydrogens (tertiary/aromatic N) is 3. The Morgan fingerprint density at radius 2 is 1.48 bits per heavy atom. The van der Waals surface area contributed by atoms with E-state index in [0.717, 1.165) is 23.4 Å². The van der Waals surface area contributed by atoms with Gasteiger partial charge in [0.2, 0.25) is 0 Å². The number of amides is 2. The standard InChI is InChI=1S/C23H13BrF10N4O3S/c1-38(19(40)12-8-35-10-36-9-12)14-4-2-3-11(5-14)18(39)37-17-15(24)6-13(7-16(17)42(41)23(32,33)34)20(25,21(26,27)28)22(29,30)31/h2-10H,1H3,(H,37,39). The van der Waals surface area contributed by atoms with Gasteiger partial charge in [-0.1, -0.05) is 6.07 Å². The van der Waals surface area contributed by atoms with Crippen molar-refractivity contribution in [3.63, 3.8) is 0 Å². The molecule has 42 heavy (non-hydrogen) atoms. The molecule has 0 bridgehead atoms. The number of hydrogen-bond donors (Lipinski definition) is 1. The third kappa shape index (κ3) is 6.46. The summed E-state index contributed by atoms with van der Waals surface area (Å²) in [6.07, 6.45) is -9.85. The van der Waals surface area contributed by atoms with Gasteiger partial charge in [-0.05, 0) is 40.2 Å². The van der Waals surface area contributed by atoms with Gasteiger partial charge in [0.05, 0.1) is 5.56 Å². The van der Waals surface area contributed by atoms with Crippen LogP contribution in [0.15, 0.2) is 64.5 Å². The molecule has 0 saturated heterocycles. The number of carbonyl (C=O) groups excluding carboxylic acids is 2. The van der Waals surface area contributed by atoms with Gasteiger partial charge in [0, 0.05) is 46.8 Å². The van der Waals surface area contributed by atoms with Gasteiger partial charge in [0.15, 0.2) is 4.90 Å². The summed E-state index contributed by atoms with van der Waals surface area (Å²) in [7, 11) is 1.29. The highest BCUT2D eigenvalue weighted by Gasteiger charge is 2.74. The van der Waals surface area contributed by atoms with Gasteiger partial charge in [0.1, 0.15) is 23.2 Å². The van der Waals surface area contributed by atoms with Gasteiger partial charge in [-0.2, -0.15) is 26.3 Å². The van der Waals surface area contributed by atoms with Crippen molar-refractivity contribution in [2.75, 3.05) is 17.3 Å². The molecule has 3 rings (SSSR count). The van der Waals surface area contributed by atoms with E-state index < -0.39 is 73.2 Å². The highest BCUT2D eigenvalue weighted by Crippen LogP contribution is 2.55. The minimum atomic E-state index is -6.69. The average Bonchev–Trinajstić information content (AvgIpc) is 2.91. The van der Waals surface area contributed by atoms with E-state index in [1.165, 1.54) is 31.6 Å². The Labute approximate surface area is 240 Å². The molecule has 226 valence electrons. The van der Waals surface area contributed by atoms with Crippen molar-refractivity contribution in [2.45, 2.75) is 28.4 Å². The molecule has 19 heteroatoms. The number of hydrogen-bond acceptors (Lipinski definition) is 5. The fourth-order valence-corrected chi connectivity index (χ4v) is 4.94. The van der Waals surface area contributed by atoms with Crippen molar-refractivity contribution in [1.82, 2.24) is 9.97 Å². The number of alkyl halides is 10. The first kappa shape index (κ1) is 33.1. The number of benzene rings is 2. The maximum Gasteiger partial charge on any atom is 0.578 e. The first-order chi connectivity index (χ1) is 19.2. The quantitative estimate of drug-likeness (QED) is 0.229. The van der Waals surface area contributed by atoms with E-state index in [2.05, 4.69) is 25.9 Å². The lowest BCUT2D eigenvalue weighted by Crippen LogP contribution is -2.50. The van der Waals surface area contributed by atoms with Crippen molar-refractivity contribution in [3.8, 4) is 0 Å². The second-order valence-corrected chi connectivity index (χ2v) is 10.5. The molecule has 0 saturated carbocycles. The maximum absolute atomic E-state index is 14.6. The molecular weight excluding hydrogens is 682 g/mol. The summed E-state index contributed by atoms with van der Waals surface area (Å²) in [5, 5.41) is 1.84. The predicted octanol–water partition coefficient (Wildman–Crippen LogP) is 6.68. The summed E-state index contributed by atoms with van der Waals surface area (Å²) in [5.74, 6) is -1.92. The van der Waals surface area contributed by atoms with Crippen LogP contribution in [0.2, 0.25) is 0 Å². The van der Waals surface area contributed by atoms with Crippen molar-refractivity contribution in [2.24, 2.45) is 0 Å². The number of anilines is 2. The summed E-state index contributed by atoms with van der Waals surface area (Å²) >= 11 is -1.88. The summed E-state index contributed by atoms with van der Waals surface area (Å²) < 4.78 is 145. The smallest absolute Gasteiger partial charge is 0.578 e. The Kier molecular flexibility index (Phi) is 9.19. The van der Waals surface area contributed by atoms with Gasteiger partial charge >= 0.3 is 23.5 Å². The van der Waals surface area contributed by atoms with Crippen LogP contribution in [-0.2, 0) is 16.8 Å². The van der Waals surface area contributed by atoms with Crippen LogP contribution in [0, 0.1) is 0 Å². The summed E-state index contributed by atoms with van der Waals surface area (Å²) in [4.78, 5) is 32.2. The van der Waals surface area contributed by atoms with Gasteiger partial charge in [0.25, 0.3) is 11.8 Å². The fraction of sp³-hybridized carbons (Fsp3) is 0.217. The van der Waals surface area contributed by atoms with Crippen LogP contribution < -0.4 is 10.2 Å². The lowest BCUT2D eigenvalue weighted by molar-refractivity contribution is -0.348. The van der Waals surface area contributed by atoms with E-state index in [1.807, 2.05) is 5.32 Å². The monoisotopic (exact) mass is 694 g/mol. The van der Waals surface area contributed by atoms with E-state index in [-0.39, 0.29) is 22.9 Å². The lowest BCUT2D eigenvalue weighted by atomic mass is 9.94. The Bertz CT molecular complexity index is 1470. The Morgan fingerprint density at radius 1 is 0.905 bits per heavy atom. The molecular formula is C23H13BrF10N4O3S. The van der Waals surface area contributed by atoms with Crippen LogP contribution in [-0.4, -0.2) is 51.2 Å². The molecule has 2 aromatic carbocycles. The molecule has 0 fully saturated rings. The van der Waals surface area contributed by atoms with Gasteiger partial charge < -0.3 is 14.8 Å². The average molecular weight is 695 g/mol. The highest BCUT2D eigenvalue weighted by molar-refractivity contribution is 9.10. The van der Waals surface area contributed by atoms with E-state index in [9.17, 15) is 58.0 Å². The zero-order valence-electron chi connectivity index (χ0n) is 20.3. The molecule has 0 spiro atoms. The van der Waals surface area contributed by atoms with Crippen LogP contribution in [0.25, 0.3) is 0 Å². The molecule has 0 aliphatic rings. The number of halogens is 11. The summed E-state index contributed by atoms with van der Waals surface area (Å²) in [5.41, 5.74) is -15.7. The SMILES string of the molecule is CN(C(=O)c1cncnc1)c1cccc(C(=O)Nc2c(Br)cc(C(F)(C(F)(F)F)C(F)(F)F)cc2[S+]([O-])C(F)(F)F)c1. The van der Waals surface area contributed by atoms with Crippen LogP contribution in [0.3, 0.4) is 0 Å². The Morgan fingerprint density at radius 3 is 2.00 bits per heavy atom. The Balaban J connectivity index is 2.08. The summed E-state index contributed by atoms with van der Waals surface area (Å²) in [6, 6.07) is 4.09. The molecule has 0 aliphatic heterocycles. The van der Waals surface area contributed by atoms with E-state index in [0.29, 0.717) is 0 Å². The van der Waals surface area contributed by atoms with Gasteiger partial charge in [-0.15, -0.1) is 13.2 Å². The normalized spacial score (nSPS) is 13.5. The van der Waals surface area contributed by atoms with Gasteiger partial charge in [-0.25, -0.2) is 14.4 Å². The third-order valence-electron chi connectivity index (χ3n) is 5.49. The minimum Gasteiger partial charge on any atom is -0.604 e. The highest BCUT2D eigenvalue weighted by atomic mass is 79.9. The van der Waals surface area contributed by atoms with Crippen LogP contribution in [0.5, 0.6) is 0 Å². The maximum atomic E-state index is 14.6. The van der Waals surface area contributed by atoms with E-state index >= 15 is 0 Å². The lowest BCUT2D eigenvalue weighted by Gasteiger charge is -2.31. The zero-order chi connectivity index (χ0) is 31.8. The molecule has 3 aromatic rings. The molecule has 1 atom stereocenters. The van der Waals surface area contributed by atoms with Crippen LogP contribution in [0.1, 0.15) is 26.3 Å². The molecule has 1 unspecified atom stereocenters. The van der Waals surface area contributed by atoms with Crippen molar-refractivity contribution in [3.05, 3.63) is 76.3 Å². The zero-order valence-corrected chi connectivity index (χ0v) is 22.7. The minimum absolute atomic E-state index is 0.0415. The molecule has 1 N–H and O–H groups in total. The van der Waals surface area contributed by atoms with Gasteiger partial charge in [-0.3, -0.25) is 9.59 Å². The number of rotatable bonds is 6. The van der Waals surface area contributed by atoms with Crippen molar-refractivity contribution in [1.29, 1.82) is 0 Å². The van der Waals surface area contributed by atoms with E-state index in [1.54, 1.807) is 0 Å². The molecule has 1 heterocycles. The van der Waals surface area contributed by atoms with E-state index in [4.69, 9.17) is 0 Å². The predicted molar refractivity (Wildman–Crippen MR) is 131 cm³/mol. The number of nitrogens with one attached hydrogen (secondary N) is 1. The third-order valence-corrected chi connectivity index (χ3v) is 7.26. The number of aromatic nitrogens is 2. The van der Waals surface area contributed by atoms with Crippen LogP contribution in [0.4, 0.5) is 55.3 Å². The Hall–Kier alpha value is -3.45. The first-order valence-electron chi connectivity index (χ1n) is 10.8. The topological polar surface area (TPSA) is 98.2 Å². The molecule has 2 amide bonds. The number of carbonyl (C=O) groups is 2. The van der Waals surface area contributed by atoms with Crippen molar-refractivity contribution >= 4 is 50.3 Å². The molecule has 7 nitrogen and oxygen atoms in total. The second-order valence-electron chi connectivity index (χ2n) is 8.20. The largest absolute Gasteiger partial charge is 0.604 e. The molecule has 1 aromatic heterocycles. The molecule has 0 aliphatic carbocycles. The second kappa shape index (κ2) is 11.7.